The first-order chi connectivity index (χ1) is 6.06. The largest absolute Gasteiger partial charge is 0.368 e. The van der Waals surface area contributed by atoms with E-state index in [-0.39, 0.29) is 0 Å². The average molecular weight is 185 g/mol. The molecule has 0 bridgehead atoms. The maximum Gasteiger partial charge on any atom is 0.237 e. The Balaban J connectivity index is 3.98. The third-order valence-electron chi connectivity index (χ3n) is 2.04. The smallest absolute Gasteiger partial charge is 0.237 e. The summed E-state index contributed by atoms with van der Waals surface area (Å²) in [5.74, 6) is -0.393. The molecule has 1 amide bonds. The van der Waals surface area contributed by atoms with E-state index in [2.05, 4.69) is 15.3 Å². The summed E-state index contributed by atoms with van der Waals surface area (Å²) in [5, 5.41) is 6.28. The molecule has 6 nitrogen and oxygen atoms in total. The molecule has 74 valence electrons. The average Bonchev–Trinajstić information content (AvgIpc) is 2.12. The number of carbonyl (C=O) groups excluding carboxylic acids is 1. The monoisotopic (exact) mass is 185 g/mol. The predicted octanol–water partition coefficient (Wildman–Crippen LogP) is 0.540. The van der Waals surface area contributed by atoms with Gasteiger partial charge in [-0.05, 0) is 18.9 Å². The number of hydrogen-bond acceptors (Lipinski definition) is 3. The number of carbonyl (C=O) groups is 1. The Kier molecular flexibility index (Phi) is 4.87. The van der Waals surface area contributed by atoms with E-state index in [0.29, 0.717) is 19.5 Å². The molecule has 0 aliphatic heterocycles. The zero-order valence-corrected chi connectivity index (χ0v) is 7.95. The van der Waals surface area contributed by atoms with Crippen LogP contribution in [0.3, 0.4) is 0 Å². The first-order valence-electron chi connectivity index (χ1n) is 4.12. The summed E-state index contributed by atoms with van der Waals surface area (Å²) in [7, 11) is 0. The minimum atomic E-state index is -0.703. The quantitative estimate of drug-likeness (QED) is 0.273. The van der Waals surface area contributed by atoms with Crippen molar-refractivity contribution in [2.45, 2.75) is 25.8 Å². The van der Waals surface area contributed by atoms with Crippen LogP contribution in [0.5, 0.6) is 0 Å². The first kappa shape index (κ1) is 11.7. The molecule has 6 heteroatoms. The summed E-state index contributed by atoms with van der Waals surface area (Å²) >= 11 is 0. The van der Waals surface area contributed by atoms with Crippen LogP contribution in [0.4, 0.5) is 0 Å². The second-order valence-corrected chi connectivity index (χ2v) is 2.93. The molecule has 1 atom stereocenters. The Bertz CT molecular complexity index is 223. The summed E-state index contributed by atoms with van der Waals surface area (Å²) in [6.07, 6.45) is 0.610. The Morgan fingerprint density at radius 3 is 2.77 bits per heavy atom. The Labute approximate surface area is 77.1 Å². The second kappa shape index (κ2) is 5.40. The lowest BCUT2D eigenvalue weighted by Gasteiger charge is -2.25. The maximum absolute atomic E-state index is 11.0. The van der Waals surface area contributed by atoms with Crippen LogP contribution in [0, 0.1) is 0 Å². The molecular formula is C7H15N5O. The van der Waals surface area contributed by atoms with E-state index in [4.69, 9.17) is 11.3 Å². The fourth-order valence-electron chi connectivity index (χ4n) is 0.813. The lowest BCUT2D eigenvalue weighted by molar-refractivity contribution is -0.123. The minimum Gasteiger partial charge on any atom is -0.368 e. The van der Waals surface area contributed by atoms with Crippen LogP contribution in [0.1, 0.15) is 20.3 Å². The van der Waals surface area contributed by atoms with Crippen molar-refractivity contribution in [3.05, 3.63) is 10.4 Å². The molecule has 1 unspecified atom stereocenters. The summed E-state index contributed by atoms with van der Waals surface area (Å²) in [4.78, 5) is 13.6. The van der Waals surface area contributed by atoms with E-state index in [1.54, 1.807) is 6.92 Å². The number of azide groups is 1. The van der Waals surface area contributed by atoms with Crippen molar-refractivity contribution in [2.75, 3.05) is 13.1 Å². The van der Waals surface area contributed by atoms with Gasteiger partial charge in [-0.1, -0.05) is 12.0 Å². The van der Waals surface area contributed by atoms with Gasteiger partial charge in [0.2, 0.25) is 5.91 Å². The second-order valence-electron chi connectivity index (χ2n) is 2.93. The zero-order valence-electron chi connectivity index (χ0n) is 7.95. The summed E-state index contributed by atoms with van der Waals surface area (Å²) in [6, 6.07) is 0. The Hall–Kier alpha value is -1.26. The highest BCUT2D eigenvalue weighted by molar-refractivity contribution is 5.84. The fourth-order valence-corrected chi connectivity index (χ4v) is 0.813. The molecule has 0 fully saturated rings. The number of amides is 1. The summed E-state index contributed by atoms with van der Waals surface area (Å²) in [6.45, 7) is 4.37. The van der Waals surface area contributed by atoms with Gasteiger partial charge >= 0.3 is 0 Å². The lowest BCUT2D eigenvalue weighted by Crippen LogP contribution is -2.53. The zero-order chi connectivity index (χ0) is 10.3. The van der Waals surface area contributed by atoms with Gasteiger partial charge in [0, 0.05) is 18.0 Å². The van der Waals surface area contributed by atoms with Gasteiger partial charge in [-0.25, -0.2) is 0 Å². The number of rotatable bonds is 6. The van der Waals surface area contributed by atoms with Gasteiger partial charge < -0.3 is 11.1 Å². The Morgan fingerprint density at radius 2 is 2.38 bits per heavy atom. The SMILES string of the molecule is CCC(C)(NCCN=[N+]=[N-])C(N)=O. The third-order valence-corrected chi connectivity index (χ3v) is 2.04. The van der Waals surface area contributed by atoms with Gasteiger partial charge in [0.15, 0.2) is 0 Å². The number of nitrogens with zero attached hydrogens (tertiary/aromatic N) is 3. The number of hydrogen-bond donors (Lipinski definition) is 2. The number of nitrogens with two attached hydrogens (primary N) is 1. The molecule has 0 aliphatic rings. The highest BCUT2D eigenvalue weighted by Crippen LogP contribution is 2.06. The van der Waals surface area contributed by atoms with Crippen LogP contribution in [0.15, 0.2) is 5.11 Å². The molecule has 0 saturated heterocycles. The van der Waals surface area contributed by atoms with Crippen LogP contribution in [0.25, 0.3) is 10.4 Å². The molecule has 0 heterocycles. The maximum atomic E-state index is 11.0. The topological polar surface area (TPSA) is 104 Å². The lowest BCUT2D eigenvalue weighted by atomic mass is 9.98. The third kappa shape index (κ3) is 3.78. The van der Waals surface area contributed by atoms with E-state index < -0.39 is 11.4 Å². The van der Waals surface area contributed by atoms with Crippen molar-refractivity contribution < 1.29 is 4.79 Å². The molecule has 0 spiro atoms. The fraction of sp³-hybridized carbons (Fsp3) is 0.857. The van der Waals surface area contributed by atoms with Gasteiger partial charge in [0.1, 0.15) is 0 Å². The normalized spacial score (nSPS) is 14.3. The van der Waals surface area contributed by atoms with Crippen LogP contribution in [-0.2, 0) is 4.79 Å². The summed E-state index contributed by atoms with van der Waals surface area (Å²) in [5.41, 5.74) is 12.5. The number of nitrogens with one attached hydrogen (secondary N) is 1. The minimum absolute atomic E-state index is 0.319. The van der Waals surface area contributed by atoms with E-state index >= 15 is 0 Å². The van der Waals surface area contributed by atoms with Crippen LogP contribution >= 0.6 is 0 Å². The van der Waals surface area contributed by atoms with Crippen LogP contribution in [-0.4, -0.2) is 24.5 Å². The molecule has 0 aromatic rings. The molecule has 0 aliphatic carbocycles. The molecule has 0 aromatic carbocycles. The van der Waals surface area contributed by atoms with Crippen molar-refractivity contribution in [1.82, 2.24) is 5.32 Å². The molecule has 0 radical (unpaired) electrons. The highest BCUT2D eigenvalue weighted by Gasteiger charge is 2.27. The van der Waals surface area contributed by atoms with Gasteiger partial charge in [0.25, 0.3) is 0 Å². The molecule has 0 rings (SSSR count). The molecular weight excluding hydrogens is 170 g/mol. The standard InChI is InChI=1S/C7H15N5O/c1-3-7(2,6(8)13)10-4-5-11-12-9/h10H,3-5H2,1-2H3,(H2,8,13). The number of primary amides is 1. The van der Waals surface area contributed by atoms with Gasteiger partial charge in [-0.3, -0.25) is 4.79 Å². The van der Waals surface area contributed by atoms with Crippen molar-refractivity contribution in [3.8, 4) is 0 Å². The summed E-state index contributed by atoms with van der Waals surface area (Å²) < 4.78 is 0. The van der Waals surface area contributed by atoms with Gasteiger partial charge in [0.05, 0.1) is 5.54 Å². The van der Waals surface area contributed by atoms with Crippen LogP contribution < -0.4 is 11.1 Å². The van der Waals surface area contributed by atoms with Gasteiger partial charge in [-0.15, -0.1) is 0 Å². The molecule has 13 heavy (non-hydrogen) atoms. The van der Waals surface area contributed by atoms with Crippen molar-refractivity contribution in [1.29, 1.82) is 0 Å². The van der Waals surface area contributed by atoms with E-state index in [1.807, 2.05) is 6.92 Å². The van der Waals surface area contributed by atoms with Crippen LogP contribution in [0.2, 0.25) is 0 Å². The van der Waals surface area contributed by atoms with E-state index in [0.717, 1.165) is 0 Å². The first-order valence-corrected chi connectivity index (χ1v) is 4.12. The van der Waals surface area contributed by atoms with Crippen molar-refractivity contribution in [3.63, 3.8) is 0 Å². The van der Waals surface area contributed by atoms with Crippen molar-refractivity contribution in [2.24, 2.45) is 10.8 Å². The molecule has 3 N–H and O–H groups in total. The van der Waals surface area contributed by atoms with Crippen molar-refractivity contribution >= 4 is 5.91 Å². The molecule has 0 aromatic heterocycles. The Morgan fingerprint density at radius 1 is 1.77 bits per heavy atom. The molecule has 0 saturated carbocycles. The van der Waals surface area contributed by atoms with Gasteiger partial charge in [-0.2, -0.15) is 0 Å². The van der Waals surface area contributed by atoms with E-state index in [9.17, 15) is 4.79 Å². The van der Waals surface area contributed by atoms with E-state index in [1.165, 1.54) is 0 Å². The highest BCUT2D eigenvalue weighted by atomic mass is 16.1. The predicted molar refractivity (Wildman–Crippen MR) is 49.9 cm³/mol.